The van der Waals surface area contributed by atoms with Crippen molar-refractivity contribution in [2.45, 2.75) is 20.3 Å². The highest BCUT2D eigenvalue weighted by Crippen LogP contribution is 2.14. The highest BCUT2D eigenvalue weighted by atomic mass is 16.5. The van der Waals surface area contributed by atoms with Crippen LogP contribution < -0.4 is 0 Å². The zero-order chi connectivity index (χ0) is 11.3. The Morgan fingerprint density at radius 3 is 2.47 bits per heavy atom. The van der Waals surface area contributed by atoms with Crippen molar-refractivity contribution >= 4 is 5.97 Å². The van der Waals surface area contributed by atoms with Crippen molar-refractivity contribution in [3.05, 3.63) is 0 Å². The fourth-order valence-electron chi connectivity index (χ4n) is 1.92. The number of hydrogen-bond donors (Lipinski definition) is 1. The average molecular weight is 215 g/mol. The zero-order valence-corrected chi connectivity index (χ0v) is 9.61. The van der Waals surface area contributed by atoms with Gasteiger partial charge in [-0.3, -0.25) is 9.69 Å². The lowest BCUT2D eigenvalue weighted by atomic mass is 9.96. The van der Waals surface area contributed by atoms with Gasteiger partial charge >= 0.3 is 5.97 Å². The molecule has 0 aliphatic carbocycles. The van der Waals surface area contributed by atoms with Crippen LogP contribution in [0.25, 0.3) is 0 Å². The molecule has 1 N–H and O–H groups in total. The predicted octanol–water partition coefficient (Wildman–Crippen LogP) is 1.07. The van der Waals surface area contributed by atoms with Crippen LogP contribution in [-0.4, -0.2) is 48.8 Å². The summed E-state index contributed by atoms with van der Waals surface area (Å²) in [5.41, 5.74) is 0. The van der Waals surface area contributed by atoms with Gasteiger partial charge in [-0.25, -0.2) is 0 Å². The van der Waals surface area contributed by atoms with Gasteiger partial charge in [0, 0.05) is 19.6 Å². The summed E-state index contributed by atoms with van der Waals surface area (Å²) in [6.45, 7) is 7.98. The number of ether oxygens (including phenoxy) is 1. The molecule has 15 heavy (non-hydrogen) atoms. The van der Waals surface area contributed by atoms with Gasteiger partial charge in [-0.15, -0.1) is 0 Å². The van der Waals surface area contributed by atoms with Crippen LogP contribution in [0.4, 0.5) is 0 Å². The van der Waals surface area contributed by atoms with Crippen molar-refractivity contribution in [3.63, 3.8) is 0 Å². The van der Waals surface area contributed by atoms with Crippen LogP contribution in [0.3, 0.4) is 0 Å². The van der Waals surface area contributed by atoms with Crippen LogP contribution in [-0.2, 0) is 9.53 Å². The van der Waals surface area contributed by atoms with Crippen LogP contribution in [0.1, 0.15) is 20.3 Å². The molecule has 0 radical (unpaired) electrons. The van der Waals surface area contributed by atoms with E-state index in [0.717, 1.165) is 32.7 Å². The van der Waals surface area contributed by atoms with E-state index in [9.17, 15) is 4.79 Å². The monoisotopic (exact) mass is 215 g/mol. The number of hydrogen-bond acceptors (Lipinski definition) is 3. The van der Waals surface area contributed by atoms with E-state index in [0.29, 0.717) is 12.5 Å². The van der Waals surface area contributed by atoms with Gasteiger partial charge in [-0.1, -0.05) is 13.8 Å². The molecule has 4 heteroatoms. The Morgan fingerprint density at radius 1 is 1.40 bits per heavy atom. The molecule has 1 heterocycles. The predicted molar refractivity (Wildman–Crippen MR) is 57.8 cm³/mol. The number of morpholine rings is 1. The molecule has 1 atom stereocenters. The van der Waals surface area contributed by atoms with Gasteiger partial charge in [0.05, 0.1) is 19.1 Å². The summed E-state index contributed by atoms with van der Waals surface area (Å²) in [5.74, 6) is -0.467. The van der Waals surface area contributed by atoms with Crippen LogP contribution in [0, 0.1) is 11.8 Å². The Labute approximate surface area is 91.2 Å². The van der Waals surface area contributed by atoms with Gasteiger partial charge in [-0.05, 0) is 12.3 Å². The van der Waals surface area contributed by atoms with Crippen LogP contribution in [0.2, 0.25) is 0 Å². The fraction of sp³-hybridized carbons (Fsp3) is 0.909. The van der Waals surface area contributed by atoms with Crippen molar-refractivity contribution in [1.29, 1.82) is 0 Å². The molecule has 1 aliphatic rings. The quantitative estimate of drug-likeness (QED) is 0.745. The second-order valence-electron chi connectivity index (χ2n) is 4.58. The topological polar surface area (TPSA) is 49.8 Å². The Hall–Kier alpha value is -0.610. The first-order valence-electron chi connectivity index (χ1n) is 5.62. The molecule has 1 saturated heterocycles. The number of nitrogens with zero attached hydrogens (tertiary/aromatic N) is 1. The summed E-state index contributed by atoms with van der Waals surface area (Å²) in [4.78, 5) is 13.2. The molecule has 1 rings (SSSR count). The summed E-state index contributed by atoms with van der Waals surface area (Å²) >= 11 is 0. The summed E-state index contributed by atoms with van der Waals surface area (Å²) in [6, 6.07) is 0. The molecule has 0 saturated carbocycles. The van der Waals surface area contributed by atoms with Crippen molar-refractivity contribution < 1.29 is 14.6 Å². The molecule has 1 aliphatic heterocycles. The lowest BCUT2D eigenvalue weighted by molar-refractivity contribution is -0.143. The maximum Gasteiger partial charge on any atom is 0.307 e. The van der Waals surface area contributed by atoms with E-state index >= 15 is 0 Å². The Balaban J connectivity index is 2.38. The van der Waals surface area contributed by atoms with E-state index < -0.39 is 5.97 Å². The standard InChI is InChI=1S/C11H21NO3/c1-9(2)7-10(11(13)14)8-12-3-5-15-6-4-12/h9-10H,3-8H2,1-2H3,(H,13,14). The van der Waals surface area contributed by atoms with Crippen molar-refractivity contribution in [2.75, 3.05) is 32.8 Å². The van der Waals surface area contributed by atoms with Gasteiger partial charge in [0.1, 0.15) is 0 Å². The number of carboxylic acids is 1. The third-order valence-corrected chi connectivity index (χ3v) is 2.69. The highest BCUT2D eigenvalue weighted by molar-refractivity contribution is 5.70. The van der Waals surface area contributed by atoms with Gasteiger partial charge < -0.3 is 9.84 Å². The average Bonchev–Trinajstić information content (AvgIpc) is 2.17. The van der Waals surface area contributed by atoms with E-state index in [1.165, 1.54) is 0 Å². The molecule has 1 fully saturated rings. The minimum Gasteiger partial charge on any atom is -0.481 e. The van der Waals surface area contributed by atoms with Gasteiger partial charge in [0.15, 0.2) is 0 Å². The SMILES string of the molecule is CC(C)CC(CN1CCOCC1)C(=O)O. The minimum atomic E-state index is -0.671. The third-order valence-electron chi connectivity index (χ3n) is 2.69. The van der Waals surface area contributed by atoms with Crippen LogP contribution >= 0.6 is 0 Å². The molecule has 4 nitrogen and oxygen atoms in total. The molecule has 1 unspecified atom stereocenters. The fourth-order valence-corrected chi connectivity index (χ4v) is 1.92. The smallest absolute Gasteiger partial charge is 0.307 e. The zero-order valence-electron chi connectivity index (χ0n) is 9.61. The normalized spacial score (nSPS) is 20.5. The Morgan fingerprint density at radius 2 is 2.00 bits per heavy atom. The Kier molecular flexibility index (Phi) is 5.05. The number of carbonyl (C=O) groups is 1. The van der Waals surface area contributed by atoms with Crippen LogP contribution in [0.5, 0.6) is 0 Å². The van der Waals surface area contributed by atoms with E-state index in [1.54, 1.807) is 0 Å². The molecule has 88 valence electrons. The molecular formula is C11H21NO3. The maximum atomic E-state index is 11.1. The second-order valence-corrected chi connectivity index (χ2v) is 4.58. The van der Waals surface area contributed by atoms with Crippen molar-refractivity contribution in [1.82, 2.24) is 4.90 Å². The lowest BCUT2D eigenvalue weighted by Crippen LogP contribution is -2.41. The third kappa shape index (κ3) is 4.62. The number of rotatable bonds is 5. The summed E-state index contributed by atoms with van der Waals surface area (Å²) in [6.07, 6.45) is 0.757. The van der Waals surface area contributed by atoms with E-state index in [1.807, 2.05) is 0 Å². The molecule has 0 spiro atoms. The van der Waals surface area contributed by atoms with Crippen molar-refractivity contribution in [2.24, 2.45) is 11.8 Å². The summed E-state index contributed by atoms with van der Waals surface area (Å²) < 4.78 is 5.23. The lowest BCUT2D eigenvalue weighted by Gasteiger charge is -2.29. The molecule has 0 aromatic heterocycles. The van der Waals surface area contributed by atoms with E-state index in [2.05, 4.69) is 18.7 Å². The number of carboxylic acid groups (broad SMARTS) is 1. The molecular weight excluding hydrogens is 194 g/mol. The van der Waals surface area contributed by atoms with Gasteiger partial charge in [0.25, 0.3) is 0 Å². The minimum absolute atomic E-state index is 0.233. The van der Waals surface area contributed by atoms with E-state index in [4.69, 9.17) is 9.84 Å². The first-order chi connectivity index (χ1) is 7.09. The number of aliphatic carboxylic acids is 1. The highest BCUT2D eigenvalue weighted by Gasteiger charge is 2.23. The van der Waals surface area contributed by atoms with E-state index in [-0.39, 0.29) is 5.92 Å². The maximum absolute atomic E-state index is 11.1. The first-order valence-corrected chi connectivity index (χ1v) is 5.62. The molecule has 0 bridgehead atoms. The summed E-state index contributed by atoms with van der Waals surface area (Å²) in [7, 11) is 0. The largest absolute Gasteiger partial charge is 0.481 e. The second kappa shape index (κ2) is 6.08. The molecule has 0 amide bonds. The Bertz CT molecular complexity index is 200. The van der Waals surface area contributed by atoms with Gasteiger partial charge in [-0.2, -0.15) is 0 Å². The van der Waals surface area contributed by atoms with Crippen LogP contribution in [0.15, 0.2) is 0 Å². The summed E-state index contributed by atoms with van der Waals surface area (Å²) in [5, 5.41) is 9.09. The molecule has 0 aromatic rings. The van der Waals surface area contributed by atoms with Crippen molar-refractivity contribution in [3.8, 4) is 0 Å². The first kappa shape index (κ1) is 12.5. The molecule has 0 aromatic carbocycles. The van der Waals surface area contributed by atoms with Gasteiger partial charge in [0.2, 0.25) is 0 Å².